The molecular formula is C15H15ClF6N2O. The molecule has 3 nitrogen and oxygen atoms in total. The number of piperazine rings is 1. The van der Waals surface area contributed by atoms with E-state index in [0.717, 1.165) is 0 Å². The molecule has 0 aromatic heterocycles. The summed E-state index contributed by atoms with van der Waals surface area (Å²) in [6.07, 6.45) is -9.60. The molecule has 0 aliphatic carbocycles. The smallest absolute Gasteiger partial charge is 0.327 e. The molecule has 140 valence electrons. The molecule has 1 saturated heterocycles. The topological polar surface area (TPSA) is 23.6 Å². The SMILES string of the molecule is O=C(Cl)N1CCN(CCc2cc(C(F)(F)F)ccc2C(F)(F)F)CC1. The van der Waals surface area contributed by atoms with Crippen molar-refractivity contribution in [1.29, 1.82) is 0 Å². The fraction of sp³-hybridized carbons (Fsp3) is 0.533. The Morgan fingerprint density at radius 2 is 1.60 bits per heavy atom. The molecule has 1 amide bonds. The van der Waals surface area contributed by atoms with Crippen molar-refractivity contribution in [2.45, 2.75) is 18.8 Å². The lowest BCUT2D eigenvalue weighted by Crippen LogP contribution is -2.47. The number of alkyl halides is 6. The van der Waals surface area contributed by atoms with E-state index in [-0.39, 0.29) is 13.0 Å². The molecule has 2 rings (SSSR count). The van der Waals surface area contributed by atoms with Crippen LogP contribution in [0.25, 0.3) is 0 Å². The zero-order valence-corrected chi connectivity index (χ0v) is 13.7. The highest BCUT2D eigenvalue weighted by Crippen LogP contribution is 2.36. The standard InChI is InChI=1S/C15H15ClF6N2O/c16-13(25)24-7-5-23(6-8-24)4-3-10-9-11(14(17,18)19)1-2-12(10)15(20,21)22/h1-2,9H,3-8H2. The number of rotatable bonds is 3. The van der Waals surface area contributed by atoms with E-state index in [2.05, 4.69) is 0 Å². The number of hydrogen-bond donors (Lipinski definition) is 0. The second-order valence-electron chi connectivity index (χ2n) is 5.70. The third-order valence-electron chi connectivity index (χ3n) is 4.06. The summed E-state index contributed by atoms with van der Waals surface area (Å²) >= 11 is 5.35. The largest absolute Gasteiger partial charge is 0.416 e. The summed E-state index contributed by atoms with van der Waals surface area (Å²) < 4.78 is 77.4. The molecule has 0 saturated carbocycles. The molecule has 1 aromatic rings. The third kappa shape index (κ3) is 5.24. The van der Waals surface area contributed by atoms with Gasteiger partial charge in [0, 0.05) is 32.7 Å². The maximum Gasteiger partial charge on any atom is 0.416 e. The average molecular weight is 389 g/mol. The molecule has 0 unspecified atom stereocenters. The molecule has 0 spiro atoms. The summed E-state index contributed by atoms with van der Waals surface area (Å²) in [5.74, 6) is 0. The first kappa shape index (κ1) is 19.8. The molecule has 1 aromatic carbocycles. The summed E-state index contributed by atoms with van der Waals surface area (Å²) in [6, 6.07) is 1.47. The molecule has 25 heavy (non-hydrogen) atoms. The third-order valence-corrected chi connectivity index (χ3v) is 4.30. The molecule has 0 radical (unpaired) electrons. The van der Waals surface area contributed by atoms with Crippen molar-refractivity contribution >= 4 is 17.0 Å². The number of amides is 1. The maximum atomic E-state index is 13.0. The van der Waals surface area contributed by atoms with Gasteiger partial charge in [-0.15, -0.1) is 0 Å². The second-order valence-corrected chi connectivity index (χ2v) is 6.02. The zero-order chi connectivity index (χ0) is 18.8. The minimum atomic E-state index is -4.72. The first-order valence-corrected chi connectivity index (χ1v) is 7.80. The lowest BCUT2D eigenvalue weighted by Gasteiger charge is -2.33. The van der Waals surface area contributed by atoms with Crippen LogP contribution in [0.5, 0.6) is 0 Å². The van der Waals surface area contributed by atoms with E-state index in [9.17, 15) is 31.1 Å². The van der Waals surface area contributed by atoms with E-state index in [0.29, 0.717) is 44.4 Å². The highest BCUT2D eigenvalue weighted by molar-refractivity contribution is 6.62. The van der Waals surface area contributed by atoms with E-state index < -0.39 is 34.4 Å². The van der Waals surface area contributed by atoms with Crippen LogP contribution in [0.4, 0.5) is 31.1 Å². The van der Waals surface area contributed by atoms with Crippen molar-refractivity contribution in [3.8, 4) is 0 Å². The summed E-state index contributed by atoms with van der Waals surface area (Å²) in [7, 11) is 0. The van der Waals surface area contributed by atoms with Crippen molar-refractivity contribution < 1.29 is 31.1 Å². The van der Waals surface area contributed by atoms with E-state index in [1.807, 2.05) is 0 Å². The number of carbonyl (C=O) groups is 1. The number of halogens is 7. The molecular weight excluding hydrogens is 374 g/mol. The van der Waals surface area contributed by atoms with Crippen LogP contribution in [0.3, 0.4) is 0 Å². The van der Waals surface area contributed by atoms with Crippen LogP contribution < -0.4 is 0 Å². The van der Waals surface area contributed by atoms with Gasteiger partial charge in [0.15, 0.2) is 0 Å². The van der Waals surface area contributed by atoms with Crippen molar-refractivity contribution in [1.82, 2.24) is 9.80 Å². The Balaban J connectivity index is 2.11. The Morgan fingerprint density at radius 1 is 1.00 bits per heavy atom. The van der Waals surface area contributed by atoms with E-state index in [4.69, 9.17) is 11.6 Å². The van der Waals surface area contributed by atoms with E-state index >= 15 is 0 Å². The fourth-order valence-electron chi connectivity index (χ4n) is 2.68. The van der Waals surface area contributed by atoms with E-state index in [1.165, 1.54) is 4.90 Å². The molecule has 0 bridgehead atoms. The van der Waals surface area contributed by atoms with Crippen LogP contribution in [-0.2, 0) is 18.8 Å². The molecule has 1 aliphatic rings. The first-order chi connectivity index (χ1) is 11.5. The Morgan fingerprint density at radius 3 is 2.08 bits per heavy atom. The van der Waals surface area contributed by atoms with Gasteiger partial charge in [-0.25, -0.2) is 0 Å². The van der Waals surface area contributed by atoms with Crippen molar-refractivity contribution in [3.05, 3.63) is 34.9 Å². The van der Waals surface area contributed by atoms with Gasteiger partial charge >= 0.3 is 17.7 Å². The van der Waals surface area contributed by atoms with E-state index in [1.54, 1.807) is 4.90 Å². The highest BCUT2D eigenvalue weighted by Gasteiger charge is 2.37. The van der Waals surface area contributed by atoms with Crippen molar-refractivity contribution in [3.63, 3.8) is 0 Å². The Kier molecular flexibility index (Phi) is 5.88. The van der Waals surface area contributed by atoms with Gasteiger partial charge < -0.3 is 4.90 Å². The van der Waals surface area contributed by atoms with Crippen LogP contribution >= 0.6 is 11.6 Å². The predicted octanol–water partition coefficient (Wildman–Crippen LogP) is 4.24. The maximum absolute atomic E-state index is 13.0. The van der Waals surface area contributed by atoms with Crippen LogP contribution in [0.1, 0.15) is 16.7 Å². The Bertz CT molecular complexity index is 623. The minimum absolute atomic E-state index is 0.161. The number of benzene rings is 1. The zero-order valence-electron chi connectivity index (χ0n) is 12.9. The van der Waals surface area contributed by atoms with Gasteiger partial charge in [-0.05, 0) is 41.8 Å². The van der Waals surface area contributed by atoms with Crippen molar-refractivity contribution in [2.75, 3.05) is 32.7 Å². The monoisotopic (exact) mass is 388 g/mol. The minimum Gasteiger partial charge on any atom is -0.327 e. The van der Waals surface area contributed by atoms with Gasteiger partial charge in [-0.3, -0.25) is 9.69 Å². The van der Waals surface area contributed by atoms with Gasteiger partial charge in [0.1, 0.15) is 0 Å². The lowest BCUT2D eigenvalue weighted by atomic mass is 10.00. The molecule has 0 N–H and O–H groups in total. The van der Waals surface area contributed by atoms with Gasteiger partial charge in [-0.1, -0.05) is 0 Å². The quantitative estimate of drug-likeness (QED) is 0.439. The lowest BCUT2D eigenvalue weighted by molar-refractivity contribution is -0.141. The second kappa shape index (κ2) is 7.41. The van der Waals surface area contributed by atoms with Gasteiger partial charge in [0.05, 0.1) is 11.1 Å². The van der Waals surface area contributed by atoms with Gasteiger partial charge in [0.25, 0.3) is 0 Å². The summed E-state index contributed by atoms with van der Waals surface area (Å²) in [5, 5.41) is -0.600. The van der Waals surface area contributed by atoms with Crippen LogP contribution in [0.2, 0.25) is 0 Å². The number of carbonyl (C=O) groups excluding carboxylic acids is 1. The van der Waals surface area contributed by atoms with Gasteiger partial charge in [0.2, 0.25) is 0 Å². The van der Waals surface area contributed by atoms with Crippen molar-refractivity contribution in [2.24, 2.45) is 0 Å². The number of hydrogen-bond acceptors (Lipinski definition) is 2. The fourth-order valence-corrected chi connectivity index (χ4v) is 2.85. The first-order valence-electron chi connectivity index (χ1n) is 7.42. The molecule has 0 atom stereocenters. The molecule has 1 heterocycles. The normalized spacial score (nSPS) is 17.0. The Labute approximate surface area is 145 Å². The number of nitrogens with zero attached hydrogens (tertiary/aromatic N) is 2. The summed E-state index contributed by atoms with van der Waals surface area (Å²) in [4.78, 5) is 14.2. The predicted molar refractivity (Wildman–Crippen MR) is 79.4 cm³/mol. The van der Waals surface area contributed by atoms with Gasteiger partial charge in [-0.2, -0.15) is 26.3 Å². The van der Waals surface area contributed by atoms with Crippen LogP contribution in [-0.4, -0.2) is 47.9 Å². The van der Waals surface area contributed by atoms with Crippen LogP contribution in [0, 0.1) is 0 Å². The summed E-state index contributed by atoms with van der Waals surface area (Å²) in [6.45, 7) is 1.63. The molecule has 1 fully saturated rings. The molecule has 1 aliphatic heterocycles. The van der Waals surface area contributed by atoms with Crippen LogP contribution in [0.15, 0.2) is 18.2 Å². The molecule has 10 heteroatoms. The average Bonchev–Trinajstić information content (AvgIpc) is 2.51. The Hall–Kier alpha value is -1.48. The highest BCUT2D eigenvalue weighted by atomic mass is 35.5. The summed E-state index contributed by atoms with van der Waals surface area (Å²) in [5.41, 5.74) is -2.55.